The number of amides is 2. The van der Waals surface area contributed by atoms with Crippen LogP contribution in [0.15, 0.2) is 23.6 Å². The average molecular weight is 252 g/mol. The van der Waals surface area contributed by atoms with Crippen LogP contribution in [0.3, 0.4) is 0 Å². The zero-order valence-corrected chi connectivity index (χ0v) is 9.79. The van der Waals surface area contributed by atoms with E-state index in [1.54, 1.807) is 5.38 Å². The molecule has 90 valence electrons. The van der Waals surface area contributed by atoms with Gasteiger partial charge >= 0.3 is 12.0 Å². The Morgan fingerprint density at radius 2 is 2.06 bits per heavy atom. The van der Waals surface area contributed by atoms with Crippen LogP contribution < -0.4 is 10.6 Å². The lowest BCUT2D eigenvalue weighted by Crippen LogP contribution is -2.36. The third-order valence-electron chi connectivity index (χ3n) is 2.47. The summed E-state index contributed by atoms with van der Waals surface area (Å²) in [7, 11) is 0. The number of urea groups is 1. The number of hydrogen-bond donors (Lipinski definition) is 3. The van der Waals surface area contributed by atoms with Crippen molar-refractivity contribution in [1.29, 1.82) is 0 Å². The van der Waals surface area contributed by atoms with Gasteiger partial charge in [-0.05, 0) is 24.3 Å². The third-order valence-corrected chi connectivity index (χ3v) is 3.30. The summed E-state index contributed by atoms with van der Waals surface area (Å²) < 4.78 is 0. The SMILES string of the molecule is O=C(Nc1sccc1C(=O)O)NC1CC=CC1. The Morgan fingerprint density at radius 3 is 2.71 bits per heavy atom. The van der Waals surface area contributed by atoms with Gasteiger partial charge in [0.1, 0.15) is 5.00 Å². The molecular formula is C11H12N2O3S. The summed E-state index contributed by atoms with van der Waals surface area (Å²) in [5, 5.41) is 16.2. The molecule has 5 nitrogen and oxygen atoms in total. The number of thiophene rings is 1. The van der Waals surface area contributed by atoms with Crippen LogP contribution in [0.1, 0.15) is 23.2 Å². The molecule has 2 rings (SSSR count). The minimum atomic E-state index is -1.04. The molecule has 3 N–H and O–H groups in total. The number of nitrogens with one attached hydrogen (secondary N) is 2. The largest absolute Gasteiger partial charge is 0.478 e. The van der Waals surface area contributed by atoms with Crippen LogP contribution in [0.4, 0.5) is 9.80 Å². The molecule has 17 heavy (non-hydrogen) atoms. The number of carboxylic acids is 1. The van der Waals surface area contributed by atoms with Gasteiger partial charge in [-0.25, -0.2) is 9.59 Å². The maximum absolute atomic E-state index is 11.6. The van der Waals surface area contributed by atoms with Crippen molar-refractivity contribution in [3.63, 3.8) is 0 Å². The molecule has 0 spiro atoms. The number of carboxylic acid groups (broad SMARTS) is 1. The smallest absolute Gasteiger partial charge is 0.338 e. The predicted octanol–water partition coefficient (Wildman–Crippen LogP) is 2.29. The number of carbonyl (C=O) groups is 2. The van der Waals surface area contributed by atoms with Crippen LogP contribution in [0.25, 0.3) is 0 Å². The van der Waals surface area contributed by atoms with Crippen molar-refractivity contribution in [1.82, 2.24) is 5.32 Å². The molecule has 0 atom stereocenters. The molecule has 0 fully saturated rings. The fraction of sp³-hybridized carbons (Fsp3) is 0.273. The Balaban J connectivity index is 1.93. The summed E-state index contributed by atoms with van der Waals surface area (Å²) in [6, 6.07) is 1.23. The van der Waals surface area contributed by atoms with E-state index in [4.69, 9.17) is 5.11 Å². The number of hydrogen-bond acceptors (Lipinski definition) is 3. The maximum atomic E-state index is 11.6. The number of anilines is 1. The number of carbonyl (C=O) groups excluding carboxylic acids is 1. The summed E-state index contributed by atoms with van der Waals surface area (Å²) in [6.07, 6.45) is 5.67. The molecule has 0 bridgehead atoms. The van der Waals surface area contributed by atoms with Crippen molar-refractivity contribution in [2.75, 3.05) is 5.32 Å². The Hall–Kier alpha value is -1.82. The van der Waals surface area contributed by atoms with Crippen molar-refractivity contribution in [3.05, 3.63) is 29.2 Å². The Bertz CT molecular complexity index is 459. The van der Waals surface area contributed by atoms with Gasteiger partial charge in [-0.1, -0.05) is 12.2 Å². The van der Waals surface area contributed by atoms with Crippen LogP contribution in [0.5, 0.6) is 0 Å². The molecule has 1 aliphatic carbocycles. The van der Waals surface area contributed by atoms with E-state index < -0.39 is 5.97 Å². The van der Waals surface area contributed by atoms with Gasteiger partial charge in [0.2, 0.25) is 0 Å². The second-order valence-corrected chi connectivity index (χ2v) is 4.62. The fourth-order valence-corrected chi connectivity index (χ4v) is 2.41. The van der Waals surface area contributed by atoms with Gasteiger partial charge in [0.15, 0.2) is 0 Å². The van der Waals surface area contributed by atoms with E-state index in [1.165, 1.54) is 17.4 Å². The highest BCUT2D eigenvalue weighted by atomic mass is 32.1. The Kier molecular flexibility index (Phi) is 3.43. The van der Waals surface area contributed by atoms with E-state index in [9.17, 15) is 9.59 Å². The summed E-state index contributed by atoms with van der Waals surface area (Å²) in [5.74, 6) is -1.04. The minimum Gasteiger partial charge on any atom is -0.478 e. The van der Waals surface area contributed by atoms with Crippen LogP contribution >= 0.6 is 11.3 Å². The molecule has 0 saturated carbocycles. The molecule has 1 heterocycles. The van der Waals surface area contributed by atoms with E-state index in [0.29, 0.717) is 5.00 Å². The highest BCUT2D eigenvalue weighted by molar-refractivity contribution is 7.14. The van der Waals surface area contributed by atoms with Gasteiger partial charge in [0, 0.05) is 6.04 Å². The van der Waals surface area contributed by atoms with Crippen LogP contribution in [-0.4, -0.2) is 23.1 Å². The molecule has 1 aromatic rings. The highest BCUT2D eigenvalue weighted by Crippen LogP contribution is 2.23. The molecule has 1 aromatic heterocycles. The first-order valence-electron chi connectivity index (χ1n) is 5.20. The second-order valence-electron chi connectivity index (χ2n) is 3.71. The first-order valence-corrected chi connectivity index (χ1v) is 6.08. The minimum absolute atomic E-state index is 0.114. The molecule has 0 saturated heterocycles. The first kappa shape index (κ1) is 11.7. The Morgan fingerprint density at radius 1 is 1.35 bits per heavy atom. The first-order chi connectivity index (χ1) is 8.16. The van der Waals surface area contributed by atoms with Gasteiger partial charge in [-0.3, -0.25) is 5.32 Å². The molecular weight excluding hydrogens is 240 g/mol. The molecule has 0 aliphatic heterocycles. The van der Waals surface area contributed by atoms with Crippen LogP contribution in [-0.2, 0) is 0 Å². The second kappa shape index (κ2) is 5.01. The topological polar surface area (TPSA) is 78.4 Å². The molecule has 0 aromatic carbocycles. The standard InChI is InChI=1S/C11H12N2O3S/c14-10(15)8-5-6-17-9(8)13-11(16)12-7-3-1-2-4-7/h1-2,5-7H,3-4H2,(H,14,15)(H2,12,13,16). The van der Waals surface area contributed by atoms with Gasteiger partial charge in [-0.2, -0.15) is 0 Å². The van der Waals surface area contributed by atoms with Crippen molar-refractivity contribution in [2.45, 2.75) is 18.9 Å². The van der Waals surface area contributed by atoms with E-state index in [-0.39, 0.29) is 17.6 Å². The Labute approximate surface area is 102 Å². The zero-order valence-electron chi connectivity index (χ0n) is 8.97. The monoisotopic (exact) mass is 252 g/mol. The number of rotatable bonds is 3. The molecule has 0 unspecified atom stereocenters. The van der Waals surface area contributed by atoms with Gasteiger partial charge in [0.25, 0.3) is 0 Å². The van der Waals surface area contributed by atoms with Crippen LogP contribution in [0.2, 0.25) is 0 Å². The summed E-state index contributed by atoms with van der Waals surface area (Å²) >= 11 is 1.20. The predicted molar refractivity (Wildman–Crippen MR) is 65.6 cm³/mol. The fourth-order valence-electron chi connectivity index (χ4n) is 1.63. The molecule has 2 amide bonds. The van der Waals surface area contributed by atoms with Crippen molar-refractivity contribution >= 4 is 28.3 Å². The normalized spacial score (nSPS) is 14.8. The van der Waals surface area contributed by atoms with Crippen LogP contribution in [0, 0.1) is 0 Å². The lowest BCUT2D eigenvalue weighted by molar-refractivity contribution is 0.0698. The zero-order chi connectivity index (χ0) is 12.3. The molecule has 0 radical (unpaired) electrons. The quantitative estimate of drug-likeness (QED) is 0.722. The average Bonchev–Trinajstić information content (AvgIpc) is 2.88. The number of aromatic carboxylic acids is 1. The van der Waals surface area contributed by atoms with E-state index in [2.05, 4.69) is 10.6 Å². The summed E-state index contributed by atoms with van der Waals surface area (Å²) in [5.41, 5.74) is 0.120. The van der Waals surface area contributed by atoms with E-state index in [1.807, 2.05) is 12.2 Å². The van der Waals surface area contributed by atoms with Crippen molar-refractivity contribution in [3.8, 4) is 0 Å². The van der Waals surface area contributed by atoms with Crippen molar-refractivity contribution < 1.29 is 14.7 Å². The third kappa shape index (κ3) is 2.85. The van der Waals surface area contributed by atoms with E-state index in [0.717, 1.165) is 12.8 Å². The van der Waals surface area contributed by atoms with E-state index >= 15 is 0 Å². The van der Waals surface area contributed by atoms with Gasteiger partial charge in [-0.15, -0.1) is 11.3 Å². The van der Waals surface area contributed by atoms with Gasteiger partial charge < -0.3 is 10.4 Å². The summed E-state index contributed by atoms with van der Waals surface area (Å²) in [6.45, 7) is 0. The summed E-state index contributed by atoms with van der Waals surface area (Å²) in [4.78, 5) is 22.4. The molecule has 1 aliphatic rings. The van der Waals surface area contributed by atoms with Crippen molar-refractivity contribution in [2.24, 2.45) is 0 Å². The lowest BCUT2D eigenvalue weighted by atomic mass is 10.2. The highest BCUT2D eigenvalue weighted by Gasteiger charge is 2.16. The molecule has 6 heteroatoms. The lowest BCUT2D eigenvalue weighted by Gasteiger charge is -2.12. The maximum Gasteiger partial charge on any atom is 0.338 e. The van der Waals surface area contributed by atoms with Gasteiger partial charge in [0.05, 0.1) is 5.56 Å².